The van der Waals surface area contributed by atoms with Gasteiger partial charge in [-0.05, 0) is 36.4 Å². The SMILES string of the molecule is COc1ccc(NC(=O)[C@H]2CC(=O)N(c3ccc(C(=O)O)cc3)C2)c(OC)c1. The number of nitrogens with one attached hydrogen (secondary N) is 1. The van der Waals surface area contributed by atoms with Crippen LogP contribution in [0.2, 0.25) is 0 Å². The predicted molar refractivity (Wildman–Crippen MR) is 102 cm³/mol. The number of rotatable bonds is 6. The molecular weight excluding hydrogens is 364 g/mol. The van der Waals surface area contributed by atoms with Gasteiger partial charge in [-0.15, -0.1) is 0 Å². The molecule has 0 aliphatic carbocycles. The number of benzene rings is 2. The van der Waals surface area contributed by atoms with Crippen molar-refractivity contribution >= 4 is 29.2 Å². The van der Waals surface area contributed by atoms with Gasteiger partial charge in [-0.25, -0.2) is 4.79 Å². The third-order valence-electron chi connectivity index (χ3n) is 4.59. The summed E-state index contributed by atoms with van der Waals surface area (Å²) < 4.78 is 10.4. The molecule has 8 heteroatoms. The molecule has 1 saturated heterocycles. The molecule has 2 aromatic carbocycles. The van der Waals surface area contributed by atoms with Gasteiger partial charge in [-0.3, -0.25) is 9.59 Å². The Hall–Kier alpha value is -3.55. The van der Waals surface area contributed by atoms with E-state index in [1.54, 1.807) is 30.3 Å². The van der Waals surface area contributed by atoms with Crippen molar-refractivity contribution in [3.63, 3.8) is 0 Å². The number of ether oxygens (including phenoxy) is 2. The second kappa shape index (κ2) is 7.99. The van der Waals surface area contributed by atoms with E-state index >= 15 is 0 Å². The maximum atomic E-state index is 12.6. The molecular formula is C20H20N2O6. The molecule has 3 rings (SSSR count). The van der Waals surface area contributed by atoms with Crippen LogP contribution in [-0.2, 0) is 9.59 Å². The Morgan fingerprint density at radius 3 is 2.43 bits per heavy atom. The molecule has 0 radical (unpaired) electrons. The number of carbonyl (C=O) groups is 3. The first-order chi connectivity index (χ1) is 13.4. The molecule has 28 heavy (non-hydrogen) atoms. The molecule has 8 nitrogen and oxygen atoms in total. The Morgan fingerprint density at radius 2 is 1.82 bits per heavy atom. The van der Waals surface area contributed by atoms with Crippen molar-refractivity contribution in [3.05, 3.63) is 48.0 Å². The average Bonchev–Trinajstić information content (AvgIpc) is 3.10. The summed E-state index contributed by atoms with van der Waals surface area (Å²) in [7, 11) is 3.03. The van der Waals surface area contributed by atoms with Crippen LogP contribution in [0.15, 0.2) is 42.5 Å². The molecule has 146 valence electrons. The molecule has 1 fully saturated rings. The third-order valence-corrected chi connectivity index (χ3v) is 4.59. The zero-order valence-electron chi connectivity index (χ0n) is 15.5. The van der Waals surface area contributed by atoms with E-state index in [2.05, 4.69) is 5.32 Å². The van der Waals surface area contributed by atoms with Crippen LogP contribution in [0.3, 0.4) is 0 Å². The molecule has 1 aliphatic rings. The number of carboxylic acid groups (broad SMARTS) is 1. The summed E-state index contributed by atoms with van der Waals surface area (Å²) in [6.07, 6.45) is 0.0744. The van der Waals surface area contributed by atoms with Gasteiger partial charge in [-0.2, -0.15) is 0 Å². The van der Waals surface area contributed by atoms with Gasteiger partial charge in [0, 0.05) is 24.7 Å². The molecule has 0 saturated carbocycles. The number of methoxy groups -OCH3 is 2. The number of hydrogen-bond acceptors (Lipinski definition) is 5. The first kappa shape index (κ1) is 19.2. The average molecular weight is 384 g/mol. The van der Waals surface area contributed by atoms with Crippen LogP contribution in [0, 0.1) is 5.92 Å². The van der Waals surface area contributed by atoms with Crippen LogP contribution in [-0.4, -0.2) is 43.7 Å². The molecule has 1 aliphatic heterocycles. The van der Waals surface area contributed by atoms with Gasteiger partial charge in [0.25, 0.3) is 0 Å². The summed E-state index contributed by atoms with van der Waals surface area (Å²) in [5.41, 5.74) is 1.19. The molecule has 2 amide bonds. The van der Waals surface area contributed by atoms with Crippen LogP contribution in [0.25, 0.3) is 0 Å². The number of nitrogens with zero attached hydrogens (tertiary/aromatic N) is 1. The number of anilines is 2. The summed E-state index contributed by atoms with van der Waals surface area (Å²) in [6.45, 7) is 0.218. The van der Waals surface area contributed by atoms with Gasteiger partial charge < -0.3 is 24.8 Å². The van der Waals surface area contributed by atoms with Crippen LogP contribution in [0.1, 0.15) is 16.8 Å². The number of aromatic carboxylic acids is 1. The summed E-state index contributed by atoms with van der Waals surface area (Å²) in [5.74, 6) is -0.991. The lowest BCUT2D eigenvalue weighted by molar-refractivity contribution is -0.122. The van der Waals surface area contributed by atoms with E-state index in [4.69, 9.17) is 14.6 Å². The Morgan fingerprint density at radius 1 is 1.11 bits per heavy atom. The number of carbonyl (C=O) groups excluding carboxylic acids is 2. The Balaban J connectivity index is 1.71. The van der Waals surface area contributed by atoms with Crippen LogP contribution in [0.4, 0.5) is 11.4 Å². The number of hydrogen-bond donors (Lipinski definition) is 2. The molecule has 0 bridgehead atoms. The van der Waals surface area contributed by atoms with E-state index in [1.807, 2.05) is 0 Å². The van der Waals surface area contributed by atoms with E-state index in [0.717, 1.165) is 0 Å². The first-order valence-electron chi connectivity index (χ1n) is 8.59. The van der Waals surface area contributed by atoms with Gasteiger partial charge in [-0.1, -0.05) is 0 Å². The van der Waals surface area contributed by atoms with Crippen molar-refractivity contribution in [2.75, 3.05) is 31.0 Å². The lowest BCUT2D eigenvalue weighted by atomic mass is 10.1. The third kappa shape index (κ3) is 3.90. The lowest BCUT2D eigenvalue weighted by Gasteiger charge is -2.17. The van der Waals surface area contributed by atoms with Crippen molar-refractivity contribution < 1.29 is 29.0 Å². The van der Waals surface area contributed by atoms with Crippen molar-refractivity contribution in [2.45, 2.75) is 6.42 Å². The van der Waals surface area contributed by atoms with Crippen molar-refractivity contribution in [2.24, 2.45) is 5.92 Å². The van der Waals surface area contributed by atoms with Crippen molar-refractivity contribution in [3.8, 4) is 11.5 Å². The fourth-order valence-electron chi connectivity index (χ4n) is 3.05. The highest BCUT2D eigenvalue weighted by Crippen LogP contribution is 2.31. The first-order valence-corrected chi connectivity index (χ1v) is 8.59. The molecule has 1 heterocycles. The molecule has 2 N–H and O–H groups in total. The normalized spacial score (nSPS) is 16.0. The summed E-state index contributed by atoms with van der Waals surface area (Å²) in [6, 6.07) is 11.0. The largest absolute Gasteiger partial charge is 0.497 e. The zero-order chi connectivity index (χ0) is 20.3. The quantitative estimate of drug-likeness (QED) is 0.792. The van der Waals surface area contributed by atoms with E-state index < -0.39 is 11.9 Å². The molecule has 1 atom stereocenters. The summed E-state index contributed by atoms with van der Waals surface area (Å²) >= 11 is 0. The van der Waals surface area contributed by atoms with Crippen LogP contribution in [0.5, 0.6) is 11.5 Å². The fraction of sp³-hybridized carbons (Fsp3) is 0.250. The fourth-order valence-corrected chi connectivity index (χ4v) is 3.05. The highest BCUT2D eigenvalue weighted by atomic mass is 16.5. The highest BCUT2D eigenvalue weighted by molar-refractivity contribution is 6.04. The number of amides is 2. The van der Waals surface area contributed by atoms with Crippen molar-refractivity contribution in [1.82, 2.24) is 0 Å². The smallest absolute Gasteiger partial charge is 0.335 e. The summed E-state index contributed by atoms with van der Waals surface area (Å²) in [4.78, 5) is 37.4. The van der Waals surface area contributed by atoms with Gasteiger partial charge in [0.2, 0.25) is 11.8 Å². The van der Waals surface area contributed by atoms with Crippen LogP contribution < -0.4 is 19.7 Å². The van der Waals surface area contributed by atoms with Gasteiger partial charge in [0.15, 0.2) is 0 Å². The van der Waals surface area contributed by atoms with E-state index in [0.29, 0.717) is 22.9 Å². The van der Waals surface area contributed by atoms with Crippen molar-refractivity contribution in [1.29, 1.82) is 0 Å². The second-order valence-electron chi connectivity index (χ2n) is 6.31. The van der Waals surface area contributed by atoms with E-state index in [-0.39, 0.29) is 30.3 Å². The maximum absolute atomic E-state index is 12.6. The molecule has 0 spiro atoms. The summed E-state index contributed by atoms with van der Waals surface area (Å²) in [5, 5.41) is 11.8. The zero-order valence-corrected chi connectivity index (χ0v) is 15.5. The van der Waals surface area contributed by atoms with Gasteiger partial charge >= 0.3 is 5.97 Å². The Bertz CT molecular complexity index is 909. The molecule has 0 aromatic heterocycles. The second-order valence-corrected chi connectivity index (χ2v) is 6.31. The minimum Gasteiger partial charge on any atom is -0.497 e. The maximum Gasteiger partial charge on any atom is 0.335 e. The minimum absolute atomic E-state index is 0.0744. The molecule has 0 unspecified atom stereocenters. The monoisotopic (exact) mass is 384 g/mol. The van der Waals surface area contributed by atoms with E-state index in [1.165, 1.54) is 31.3 Å². The molecule has 2 aromatic rings. The van der Waals surface area contributed by atoms with Gasteiger partial charge in [0.05, 0.1) is 31.4 Å². The minimum atomic E-state index is -1.04. The topological polar surface area (TPSA) is 105 Å². The van der Waals surface area contributed by atoms with E-state index in [9.17, 15) is 14.4 Å². The van der Waals surface area contributed by atoms with Crippen LogP contribution >= 0.6 is 0 Å². The van der Waals surface area contributed by atoms with Gasteiger partial charge in [0.1, 0.15) is 11.5 Å². The predicted octanol–water partition coefficient (Wildman–Crippen LogP) is 2.39. The number of carboxylic acids is 1. The Labute approximate surface area is 161 Å². The highest BCUT2D eigenvalue weighted by Gasteiger charge is 2.35. The Kier molecular flexibility index (Phi) is 5.49. The standard InChI is InChI=1S/C20H20N2O6/c1-27-15-7-8-16(17(10-15)28-2)21-19(24)13-9-18(23)22(11-13)14-5-3-12(4-6-14)20(25)26/h3-8,10,13H,9,11H2,1-2H3,(H,21,24)(H,25,26)/t13-/m0/s1. The lowest BCUT2D eigenvalue weighted by Crippen LogP contribution is -2.28.